The van der Waals surface area contributed by atoms with Crippen LogP contribution in [0.4, 0.5) is 0 Å². The van der Waals surface area contributed by atoms with Gasteiger partial charge in [-0.2, -0.15) is 0 Å². The topological polar surface area (TPSA) is 112 Å². The van der Waals surface area contributed by atoms with E-state index in [0.717, 1.165) is 18.5 Å². The highest BCUT2D eigenvalue weighted by Crippen LogP contribution is 2.49. The molecule has 2 saturated carbocycles. The number of H-pyrrole nitrogens is 2. The van der Waals surface area contributed by atoms with Crippen LogP contribution < -0.4 is 16.0 Å². The van der Waals surface area contributed by atoms with E-state index in [2.05, 4.69) is 9.71 Å². The van der Waals surface area contributed by atoms with Crippen molar-refractivity contribution in [2.75, 3.05) is 0 Å². The highest BCUT2D eigenvalue weighted by molar-refractivity contribution is 7.89. The predicted octanol–water partition coefficient (Wildman–Crippen LogP) is 0.166. The number of fused-ring (bicyclic) bond motifs is 2. The normalized spacial score (nSPS) is 29.7. The first-order valence-corrected chi connectivity index (χ1v) is 8.69. The first-order valence-electron chi connectivity index (χ1n) is 7.21. The molecule has 2 aliphatic carbocycles. The van der Waals surface area contributed by atoms with Gasteiger partial charge in [0, 0.05) is 12.2 Å². The number of aromatic nitrogens is 2. The Kier molecular flexibility index (Phi) is 3.53. The van der Waals surface area contributed by atoms with Crippen LogP contribution in [0.2, 0.25) is 0 Å². The van der Waals surface area contributed by atoms with Crippen molar-refractivity contribution < 1.29 is 8.42 Å². The Morgan fingerprint density at radius 3 is 2.62 bits per heavy atom. The van der Waals surface area contributed by atoms with Gasteiger partial charge in [0.05, 0.1) is 0 Å². The van der Waals surface area contributed by atoms with E-state index in [0.29, 0.717) is 11.8 Å². The zero-order valence-corrected chi connectivity index (χ0v) is 12.6. The number of nitrogens with one attached hydrogen (secondary N) is 3. The first-order chi connectivity index (χ1) is 9.87. The fourth-order valence-electron chi connectivity index (χ4n) is 3.90. The van der Waals surface area contributed by atoms with Gasteiger partial charge in [0.2, 0.25) is 10.0 Å². The van der Waals surface area contributed by atoms with Crippen molar-refractivity contribution in [3.8, 4) is 0 Å². The third-order valence-corrected chi connectivity index (χ3v) is 6.42. The molecule has 7 nitrogen and oxygen atoms in total. The lowest BCUT2D eigenvalue weighted by Gasteiger charge is -2.28. The maximum atomic E-state index is 12.3. The molecule has 21 heavy (non-hydrogen) atoms. The molecule has 0 saturated heterocycles. The van der Waals surface area contributed by atoms with Gasteiger partial charge in [0.25, 0.3) is 5.56 Å². The smallest absolute Gasteiger partial charge is 0.313 e. The van der Waals surface area contributed by atoms with Crippen LogP contribution in [0.15, 0.2) is 20.7 Å². The molecular weight excluding hydrogens is 294 g/mol. The molecule has 116 valence electrons. The van der Waals surface area contributed by atoms with Crippen molar-refractivity contribution in [2.24, 2.45) is 17.8 Å². The molecule has 8 heteroatoms. The van der Waals surface area contributed by atoms with Crippen LogP contribution in [0.5, 0.6) is 0 Å². The zero-order chi connectivity index (χ0) is 15.2. The van der Waals surface area contributed by atoms with Crippen LogP contribution in [0.3, 0.4) is 0 Å². The predicted molar refractivity (Wildman–Crippen MR) is 76.4 cm³/mol. The second kappa shape index (κ2) is 5.10. The standard InChI is InChI=1S/C13H19N3O4S/c1-7(10-5-8-2-3-9(10)4-8)16-21(19,20)11-6-14-13(18)15-12(11)17/h6-10,16H,2-5H2,1H3,(H2,14,15,17,18). The van der Waals surface area contributed by atoms with E-state index in [1.165, 1.54) is 19.3 Å². The van der Waals surface area contributed by atoms with E-state index < -0.39 is 26.2 Å². The summed E-state index contributed by atoms with van der Waals surface area (Å²) in [6, 6.07) is -0.211. The lowest BCUT2D eigenvalue weighted by Crippen LogP contribution is -2.42. The minimum absolute atomic E-state index is 0.211. The van der Waals surface area contributed by atoms with Crippen LogP contribution in [0.25, 0.3) is 0 Å². The van der Waals surface area contributed by atoms with Crippen LogP contribution in [0.1, 0.15) is 32.6 Å². The minimum Gasteiger partial charge on any atom is -0.313 e. The van der Waals surface area contributed by atoms with E-state index in [1.54, 1.807) is 0 Å². The molecule has 2 aliphatic rings. The molecule has 0 amide bonds. The van der Waals surface area contributed by atoms with E-state index in [4.69, 9.17) is 0 Å². The van der Waals surface area contributed by atoms with Gasteiger partial charge >= 0.3 is 5.69 Å². The van der Waals surface area contributed by atoms with Gasteiger partial charge in [0.1, 0.15) is 0 Å². The summed E-state index contributed by atoms with van der Waals surface area (Å²) in [6.07, 6.45) is 5.60. The van der Waals surface area contributed by atoms with Crippen molar-refractivity contribution in [2.45, 2.75) is 43.5 Å². The molecule has 2 fully saturated rings. The van der Waals surface area contributed by atoms with Gasteiger partial charge in [-0.3, -0.25) is 9.78 Å². The van der Waals surface area contributed by atoms with Gasteiger partial charge in [-0.05, 0) is 43.9 Å². The molecule has 1 heterocycles. The number of hydrogen-bond donors (Lipinski definition) is 3. The second-order valence-electron chi connectivity index (χ2n) is 6.18. The molecule has 0 radical (unpaired) electrons. The molecule has 0 spiro atoms. The number of aromatic amines is 2. The summed E-state index contributed by atoms with van der Waals surface area (Å²) in [6.45, 7) is 1.85. The quantitative estimate of drug-likeness (QED) is 0.735. The Morgan fingerprint density at radius 1 is 1.29 bits per heavy atom. The molecule has 4 unspecified atom stereocenters. The van der Waals surface area contributed by atoms with Gasteiger partial charge in [-0.25, -0.2) is 17.9 Å². The Bertz CT molecular complexity index is 751. The largest absolute Gasteiger partial charge is 0.325 e. The summed E-state index contributed by atoms with van der Waals surface area (Å²) in [5, 5.41) is 0. The summed E-state index contributed by atoms with van der Waals surface area (Å²) in [5.74, 6) is 1.64. The van der Waals surface area contributed by atoms with Gasteiger partial charge in [0.15, 0.2) is 4.90 Å². The monoisotopic (exact) mass is 313 g/mol. The van der Waals surface area contributed by atoms with Crippen molar-refractivity contribution in [1.29, 1.82) is 0 Å². The average molecular weight is 313 g/mol. The Morgan fingerprint density at radius 2 is 2.05 bits per heavy atom. The molecule has 4 atom stereocenters. The van der Waals surface area contributed by atoms with Crippen molar-refractivity contribution in [1.82, 2.24) is 14.7 Å². The third kappa shape index (κ3) is 2.69. The van der Waals surface area contributed by atoms with E-state index in [-0.39, 0.29) is 6.04 Å². The van der Waals surface area contributed by atoms with Crippen LogP contribution in [-0.2, 0) is 10.0 Å². The van der Waals surface area contributed by atoms with Crippen LogP contribution in [-0.4, -0.2) is 24.4 Å². The average Bonchev–Trinajstić information content (AvgIpc) is 2.99. The van der Waals surface area contributed by atoms with E-state index in [1.807, 2.05) is 11.9 Å². The molecule has 0 aromatic carbocycles. The van der Waals surface area contributed by atoms with Gasteiger partial charge in [-0.15, -0.1) is 0 Å². The Hall–Kier alpha value is -1.41. The summed E-state index contributed by atoms with van der Waals surface area (Å²) >= 11 is 0. The van der Waals surface area contributed by atoms with E-state index >= 15 is 0 Å². The third-order valence-electron chi connectivity index (χ3n) is 4.85. The Labute approximate surface area is 122 Å². The minimum atomic E-state index is -3.93. The van der Waals surface area contributed by atoms with Crippen LogP contribution >= 0.6 is 0 Å². The van der Waals surface area contributed by atoms with Crippen LogP contribution in [0, 0.1) is 17.8 Å². The van der Waals surface area contributed by atoms with Gasteiger partial charge < -0.3 is 4.98 Å². The lowest BCUT2D eigenvalue weighted by molar-refractivity contribution is 0.280. The first kappa shape index (κ1) is 14.5. The van der Waals surface area contributed by atoms with Gasteiger partial charge in [-0.1, -0.05) is 6.42 Å². The highest BCUT2D eigenvalue weighted by atomic mass is 32.2. The van der Waals surface area contributed by atoms with Crippen molar-refractivity contribution >= 4 is 10.0 Å². The molecule has 1 aromatic heterocycles. The summed E-state index contributed by atoms with van der Waals surface area (Å²) < 4.78 is 27.2. The number of hydrogen-bond acceptors (Lipinski definition) is 4. The molecule has 3 rings (SSSR count). The lowest BCUT2D eigenvalue weighted by atomic mass is 9.84. The Balaban J connectivity index is 1.80. The second-order valence-corrected chi connectivity index (χ2v) is 7.87. The number of sulfonamides is 1. The summed E-state index contributed by atoms with van der Waals surface area (Å²) in [4.78, 5) is 26.3. The summed E-state index contributed by atoms with van der Waals surface area (Å²) in [5.41, 5.74) is -1.62. The molecule has 1 aromatic rings. The highest BCUT2D eigenvalue weighted by Gasteiger charge is 2.42. The molecule has 0 aliphatic heterocycles. The van der Waals surface area contributed by atoms with E-state index in [9.17, 15) is 18.0 Å². The maximum Gasteiger partial charge on any atom is 0.325 e. The fourth-order valence-corrected chi connectivity index (χ4v) is 5.20. The summed E-state index contributed by atoms with van der Waals surface area (Å²) in [7, 11) is -3.93. The zero-order valence-electron chi connectivity index (χ0n) is 11.8. The molecule has 2 bridgehead atoms. The molecular formula is C13H19N3O4S. The van der Waals surface area contributed by atoms with Crippen molar-refractivity contribution in [3.63, 3.8) is 0 Å². The van der Waals surface area contributed by atoms with Crippen molar-refractivity contribution in [3.05, 3.63) is 27.0 Å². The number of rotatable bonds is 4. The molecule has 3 N–H and O–H groups in total. The fraction of sp³-hybridized carbons (Fsp3) is 0.692. The maximum absolute atomic E-state index is 12.3. The SMILES string of the molecule is CC(NS(=O)(=O)c1c[nH]c(=O)[nH]c1=O)C1CC2CCC1C2.